The molecule has 1 amide bonds. The number of carbonyl (C=O) groups is 1. The van der Waals surface area contributed by atoms with Gasteiger partial charge in [0.25, 0.3) is 5.91 Å². The van der Waals surface area contributed by atoms with Gasteiger partial charge in [-0.1, -0.05) is 41.9 Å². The average Bonchev–Trinajstić information content (AvgIpc) is 2.71. The molecule has 0 atom stereocenters. The number of benzene rings is 2. The van der Waals surface area contributed by atoms with E-state index in [1.165, 1.54) is 0 Å². The van der Waals surface area contributed by atoms with Gasteiger partial charge in [0.2, 0.25) is 0 Å². The number of ether oxygens (including phenoxy) is 2. The summed E-state index contributed by atoms with van der Waals surface area (Å²) in [4.78, 5) is 16.2. The molecular weight excluding hydrogens is 364 g/mol. The van der Waals surface area contributed by atoms with E-state index in [4.69, 9.17) is 21.1 Å². The molecular formula is C21H19ClN2O3. The Morgan fingerprint density at radius 1 is 1.00 bits per heavy atom. The van der Waals surface area contributed by atoms with Crippen molar-refractivity contribution in [3.8, 4) is 11.5 Å². The van der Waals surface area contributed by atoms with Crippen LogP contribution in [-0.2, 0) is 17.9 Å². The van der Waals surface area contributed by atoms with Crippen molar-refractivity contribution in [1.29, 1.82) is 0 Å². The summed E-state index contributed by atoms with van der Waals surface area (Å²) in [5.41, 5.74) is 1.78. The van der Waals surface area contributed by atoms with Gasteiger partial charge in [-0.3, -0.25) is 9.78 Å². The number of aromatic nitrogens is 1. The zero-order valence-corrected chi connectivity index (χ0v) is 15.4. The number of nitrogens with one attached hydrogen (secondary N) is 1. The number of carbonyl (C=O) groups excluding carboxylic acids is 1. The fourth-order valence-electron chi connectivity index (χ4n) is 2.34. The van der Waals surface area contributed by atoms with Gasteiger partial charge in [-0.2, -0.15) is 0 Å². The third-order valence-corrected chi connectivity index (χ3v) is 4.01. The van der Waals surface area contributed by atoms with Gasteiger partial charge in [0.1, 0.15) is 18.1 Å². The number of rotatable bonds is 8. The Hall–Kier alpha value is -3.05. The highest BCUT2D eigenvalue weighted by molar-refractivity contribution is 6.32. The first-order valence-electron chi connectivity index (χ1n) is 8.46. The summed E-state index contributed by atoms with van der Waals surface area (Å²) in [6.45, 7) is 0.674. The average molecular weight is 383 g/mol. The number of halogens is 1. The molecule has 1 N–H and O–H groups in total. The molecule has 1 aromatic heterocycles. The fraction of sp³-hybridized carbons (Fsp3) is 0.143. The van der Waals surface area contributed by atoms with Gasteiger partial charge in [-0.15, -0.1) is 0 Å². The first-order valence-corrected chi connectivity index (χ1v) is 8.84. The third-order valence-electron chi connectivity index (χ3n) is 3.70. The second-order valence-electron chi connectivity index (χ2n) is 5.75. The molecule has 27 heavy (non-hydrogen) atoms. The van der Waals surface area contributed by atoms with Crippen molar-refractivity contribution in [3.63, 3.8) is 0 Å². The maximum absolute atomic E-state index is 12.0. The van der Waals surface area contributed by atoms with E-state index < -0.39 is 0 Å². The van der Waals surface area contributed by atoms with E-state index >= 15 is 0 Å². The van der Waals surface area contributed by atoms with Gasteiger partial charge in [0.05, 0.1) is 10.7 Å². The lowest BCUT2D eigenvalue weighted by atomic mass is 10.2. The molecule has 0 fully saturated rings. The smallest absolute Gasteiger partial charge is 0.258 e. The van der Waals surface area contributed by atoms with E-state index in [1.54, 1.807) is 30.5 Å². The molecule has 0 aliphatic heterocycles. The molecule has 2 aromatic carbocycles. The van der Waals surface area contributed by atoms with Crippen LogP contribution in [0.2, 0.25) is 5.02 Å². The molecule has 138 valence electrons. The Bertz CT molecular complexity index is 887. The molecule has 0 bridgehead atoms. The van der Waals surface area contributed by atoms with Gasteiger partial charge < -0.3 is 14.8 Å². The molecule has 0 spiro atoms. The van der Waals surface area contributed by atoms with E-state index in [0.717, 1.165) is 17.0 Å². The van der Waals surface area contributed by atoms with Crippen molar-refractivity contribution in [2.24, 2.45) is 0 Å². The zero-order valence-electron chi connectivity index (χ0n) is 14.6. The summed E-state index contributed by atoms with van der Waals surface area (Å²) in [7, 11) is 0. The topological polar surface area (TPSA) is 60.5 Å². The number of pyridine rings is 1. The highest BCUT2D eigenvalue weighted by atomic mass is 35.5. The Morgan fingerprint density at radius 2 is 1.85 bits per heavy atom. The minimum absolute atomic E-state index is 0.0976. The molecule has 0 aliphatic rings. The van der Waals surface area contributed by atoms with Crippen molar-refractivity contribution >= 4 is 17.5 Å². The number of amides is 1. The van der Waals surface area contributed by atoms with Crippen LogP contribution < -0.4 is 14.8 Å². The van der Waals surface area contributed by atoms with E-state index in [-0.39, 0.29) is 12.5 Å². The lowest BCUT2D eigenvalue weighted by Crippen LogP contribution is -2.28. The number of para-hydroxylation sites is 1. The van der Waals surface area contributed by atoms with E-state index in [0.29, 0.717) is 23.9 Å². The molecule has 6 heteroatoms. The van der Waals surface area contributed by atoms with E-state index in [9.17, 15) is 4.79 Å². The molecule has 0 saturated heterocycles. The third kappa shape index (κ3) is 6.01. The molecule has 3 aromatic rings. The van der Waals surface area contributed by atoms with Crippen molar-refractivity contribution in [1.82, 2.24) is 10.3 Å². The molecule has 0 aliphatic carbocycles. The monoisotopic (exact) mass is 382 g/mol. The summed E-state index contributed by atoms with van der Waals surface area (Å²) in [5, 5.41) is 3.29. The highest BCUT2D eigenvalue weighted by Crippen LogP contribution is 2.22. The second kappa shape index (κ2) is 9.59. The lowest BCUT2D eigenvalue weighted by molar-refractivity contribution is -0.123. The molecule has 0 radical (unpaired) electrons. The molecule has 3 rings (SSSR count). The van der Waals surface area contributed by atoms with Crippen LogP contribution >= 0.6 is 11.6 Å². The fourth-order valence-corrected chi connectivity index (χ4v) is 2.53. The van der Waals surface area contributed by atoms with Gasteiger partial charge in [0.15, 0.2) is 6.61 Å². The molecule has 5 nitrogen and oxygen atoms in total. The Kier molecular flexibility index (Phi) is 6.66. The Balaban J connectivity index is 1.46. The lowest BCUT2D eigenvalue weighted by Gasteiger charge is -2.10. The maximum Gasteiger partial charge on any atom is 0.258 e. The number of hydrogen-bond acceptors (Lipinski definition) is 4. The normalized spacial score (nSPS) is 10.3. The van der Waals surface area contributed by atoms with Gasteiger partial charge in [-0.05, 0) is 42.0 Å². The minimum atomic E-state index is -0.227. The zero-order chi connectivity index (χ0) is 18.9. The van der Waals surface area contributed by atoms with Crippen LogP contribution in [0.15, 0.2) is 72.9 Å². The van der Waals surface area contributed by atoms with Crippen LogP contribution in [0.1, 0.15) is 11.3 Å². The van der Waals surface area contributed by atoms with Crippen molar-refractivity contribution in [2.75, 3.05) is 6.61 Å². The second-order valence-corrected chi connectivity index (χ2v) is 6.16. The minimum Gasteiger partial charge on any atom is -0.487 e. The van der Waals surface area contributed by atoms with Crippen LogP contribution in [0, 0.1) is 0 Å². The number of nitrogens with zero attached hydrogens (tertiary/aromatic N) is 1. The number of hydrogen-bond donors (Lipinski definition) is 1. The summed E-state index contributed by atoms with van der Waals surface area (Å²) < 4.78 is 11.2. The summed E-state index contributed by atoms with van der Waals surface area (Å²) in [6, 6.07) is 20.3. The van der Waals surface area contributed by atoms with Crippen molar-refractivity contribution < 1.29 is 14.3 Å². The predicted octanol–water partition coefficient (Wildman–Crippen LogP) is 4.01. The summed E-state index contributed by atoms with van der Waals surface area (Å²) in [5.74, 6) is 0.980. The largest absolute Gasteiger partial charge is 0.487 e. The maximum atomic E-state index is 12.0. The van der Waals surface area contributed by atoms with Gasteiger partial charge in [-0.25, -0.2) is 0 Å². The van der Waals surface area contributed by atoms with Crippen LogP contribution in [0.4, 0.5) is 0 Å². The van der Waals surface area contributed by atoms with E-state index in [2.05, 4.69) is 10.3 Å². The Morgan fingerprint density at radius 3 is 2.67 bits per heavy atom. The van der Waals surface area contributed by atoms with Crippen molar-refractivity contribution in [3.05, 3.63) is 89.2 Å². The standard InChI is InChI=1S/C21H19ClN2O3/c22-19-9-1-2-10-20(19)27-15-21(25)24-13-16-6-5-8-18(12-16)26-14-17-7-3-4-11-23-17/h1-12H,13-15H2,(H,24,25). The van der Waals surface area contributed by atoms with Crippen LogP contribution in [0.5, 0.6) is 11.5 Å². The summed E-state index contributed by atoms with van der Waals surface area (Å²) >= 11 is 6.00. The van der Waals surface area contributed by atoms with Crippen LogP contribution in [0.25, 0.3) is 0 Å². The van der Waals surface area contributed by atoms with Gasteiger partial charge >= 0.3 is 0 Å². The van der Waals surface area contributed by atoms with Crippen LogP contribution in [-0.4, -0.2) is 17.5 Å². The predicted molar refractivity (Wildman–Crippen MR) is 104 cm³/mol. The van der Waals surface area contributed by atoms with Crippen molar-refractivity contribution in [2.45, 2.75) is 13.2 Å². The Labute approximate surface area is 162 Å². The first kappa shape index (κ1) is 18.7. The van der Waals surface area contributed by atoms with E-state index in [1.807, 2.05) is 42.5 Å². The molecule has 0 unspecified atom stereocenters. The van der Waals surface area contributed by atoms with Gasteiger partial charge in [0, 0.05) is 12.7 Å². The summed E-state index contributed by atoms with van der Waals surface area (Å²) in [6.07, 6.45) is 1.73. The SMILES string of the molecule is O=C(COc1ccccc1Cl)NCc1cccc(OCc2ccccn2)c1. The quantitative estimate of drug-likeness (QED) is 0.639. The molecule has 0 saturated carbocycles. The molecule has 1 heterocycles. The van der Waals surface area contributed by atoms with Crippen LogP contribution in [0.3, 0.4) is 0 Å². The first-order chi connectivity index (χ1) is 13.2. The highest BCUT2D eigenvalue weighted by Gasteiger charge is 2.06.